The average Bonchev–Trinajstić information content (AvgIpc) is 3.04. The van der Waals surface area contributed by atoms with Gasteiger partial charge < -0.3 is 16.6 Å². The molecule has 1 atom stereocenters. The van der Waals surface area contributed by atoms with Gasteiger partial charge in [-0.2, -0.15) is 0 Å². The fourth-order valence-electron chi connectivity index (χ4n) is 6.05. The number of carbonyl (C=O) groups excluding carboxylic acids is 2. The highest BCUT2D eigenvalue weighted by atomic mass is 16.4. The molecular weight excluding hydrogens is 588 g/mol. The largest absolute Gasteiger partial charge is 0.480 e. The zero-order valence-electron chi connectivity index (χ0n) is 30.7. The lowest BCUT2D eigenvalue weighted by atomic mass is 10.0. The summed E-state index contributed by atoms with van der Waals surface area (Å²) in [4.78, 5) is 43.5. The standard InChI is InChI=1S/C39H74N4O4/c1-3-5-7-9-11-13-15-17-18-20-22-24-26-28-30-32-37(45)43(35(38(46)47)33-34-42-39(40)41)36(44)31-29-27-25-23-21-19-16-14-12-10-8-6-4-2/h17-18,35H,3-16,19-34H2,1-2H3,(H,46,47)(H4,40,41,42)/b18-17-/t35-/m0/s1. The van der Waals surface area contributed by atoms with Crippen molar-refractivity contribution < 1.29 is 19.5 Å². The third-order valence-electron chi connectivity index (χ3n) is 8.98. The normalized spacial score (nSPS) is 12.0. The number of carboxylic acids is 1. The van der Waals surface area contributed by atoms with Crippen LogP contribution in [-0.2, 0) is 14.4 Å². The van der Waals surface area contributed by atoms with Gasteiger partial charge in [0.05, 0.1) is 0 Å². The number of nitrogens with two attached hydrogens (primary N) is 2. The van der Waals surface area contributed by atoms with Crippen molar-refractivity contribution in [2.45, 2.75) is 206 Å². The summed E-state index contributed by atoms with van der Waals surface area (Å²) >= 11 is 0. The van der Waals surface area contributed by atoms with Crippen molar-refractivity contribution in [3.05, 3.63) is 12.2 Å². The molecule has 47 heavy (non-hydrogen) atoms. The topological polar surface area (TPSA) is 139 Å². The molecule has 0 heterocycles. The quantitative estimate of drug-likeness (QED) is 0.0271. The number of unbranched alkanes of at least 4 members (excludes halogenated alkanes) is 23. The van der Waals surface area contributed by atoms with Crippen molar-refractivity contribution in [2.75, 3.05) is 6.54 Å². The van der Waals surface area contributed by atoms with Crippen LogP contribution in [0.2, 0.25) is 0 Å². The number of nitrogens with zero attached hydrogens (tertiary/aromatic N) is 2. The Hall–Kier alpha value is -2.38. The third-order valence-corrected chi connectivity index (χ3v) is 8.98. The Balaban J connectivity index is 4.48. The van der Waals surface area contributed by atoms with Gasteiger partial charge in [-0.1, -0.05) is 154 Å². The van der Waals surface area contributed by atoms with Crippen molar-refractivity contribution in [1.29, 1.82) is 0 Å². The maximum atomic E-state index is 13.2. The average molecular weight is 663 g/mol. The molecule has 0 fully saturated rings. The number of carboxylic acid groups (broad SMARTS) is 1. The van der Waals surface area contributed by atoms with Gasteiger partial charge in [0.2, 0.25) is 11.8 Å². The van der Waals surface area contributed by atoms with E-state index >= 15 is 0 Å². The van der Waals surface area contributed by atoms with Crippen molar-refractivity contribution in [2.24, 2.45) is 16.5 Å². The zero-order valence-corrected chi connectivity index (χ0v) is 30.7. The monoisotopic (exact) mass is 663 g/mol. The molecule has 0 unspecified atom stereocenters. The molecule has 8 nitrogen and oxygen atoms in total. The van der Waals surface area contributed by atoms with Gasteiger partial charge in [0.15, 0.2) is 5.96 Å². The summed E-state index contributed by atoms with van der Waals surface area (Å²) in [5.74, 6) is -2.15. The lowest BCUT2D eigenvalue weighted by molar-refractivity contribution is -0.158. The van der Waals surface area contributed by atoms with Crippen LogP contribution >= 0.6 is 0 Å². The number of aliphatic imine (C=N–C) groups is 1. The zero-order chi connectivity index (χ0) is 34.8. The minimum Gasteiger partial charge on any atom is -0.480 e. The van der Waals surface area contributed by atoms with Crippen LogP contribution in [0.3, 0.4) is 0 Å². The molecule has 8 heteroatoms. The molecule has 0 aliphatic carbocycles. The van der Waals surface area contributed by atoms with Gasteiger partial charge in [-0.15, -0.1) is 0 Å². The summed E-state index contributed by atoms with van der Waals surface area (Å²) in [5, 5.41) is 9.93. The Kier molecular flexibility index (Phi) is 31.8. The van der Waals surface area contributed by atoms with Gasteiger partial charge in [0, 0.05) is 19.4 Å². The Morgan fingerprint density at radius 1 is 0.574 bits per heavy atom. The van der Waals surface area contributed by atoms with Crippen molar-refractivity contribution in [3.8, 4) is 0 Å². The van der Waals surface area contributed by atoms with Crippen LogP contribution in [0, 0.1) is 0 Å². The van der Waals surface area contributed by atoms with E-state index in [9.17, 15) is 19.5 Å². The molecule has 0 radical (unpaired) electrons. The Bertz CT molecular complexity index is 826. The summed E-state index contributed by atoms with van der Waals surface area (Å²) in [6.07, 6.45) is 35.6. The van der Waals surface area contributed by atoms with Crippen LogP contribution in [-0.4, -0.2) is 46.3 Å². The van der Waals surface area contributed by atoms with Crippen molar-refractivity contribution in [1.82, 2.24) is 4.90 Å². The number of allylic oxidation sites excluding steroid dienone is 2. The first kappa shape index (κ1) is 44.6. The van der Waals surface area contributed by atoms with E-state index in [0.717, 1.165) is 56.3 Å². The van der Waals surface area contributed by atoms with Gasteiger partial charge in [-0.3, -0.25) is 19.5 Å². The van der Waals surface area contributed by atoms with Crippen LogP contribution < -0.4 is 11.5 Å². The maximum Gasteiger partial charge on any atom is 0.326 e. The molecule has 274 valence electrons. The third kappa shape index (κ3) is 28.4. The summed E-state index contributed by atoms with van der Waals surface area (Å²) < 4.78 is 0. The molecule has 0 aromatic heterocycles. The van der Waals surface area contributed by atoms with Crippen molar-refractivity contribution >= 4 is 23.7 Å². The molecule has 0 saturated heterocycles. The van der Waals surface area contributed by atoms with Crippen LogP contribution in [0.5, 0.6) is 0 Å². The van der Waals surface area contributed by atoms with Gasteiger partial charge in [0.1, 0.15) is 6.04 Å². The van der Waals surface area contributed by atoms with E-state index < -0.39 is 23.8 Å². The van der Waals surface area contributed by atoms with Crippen molar-refractivity contribution in [3.63, 3.8) is 0 Å². The fraction of sp³-hybridized carbons (Fsp3) is 0.846. The smallest absolute Gasteiger partial charge is 0.326 e. The van der Waals surface area contributed by atoms with E-state index in [2.05, 4.69) is 31.0 Å². The highest BCUT2D eigenvalue weighted by Gasteiger charge is 2.33. The SMILES string of the molecule is CCCCCCCC/C=C\CCCCCCCC(=O)N(C(=O)CCCCCCCCCCCCCCC)[C@@H](CCN=C(N)N)C(=O)O. The molecule has 5 N–H and O–H groups in total. The van der Waals surface area contributed by atoms with Gasteiger partial charge >= 0.3 is 5.97 Å². The summed E-state index contributed by atoms with van der Waals surface area (Å²) in [7, 11) is 0. The minimum atomic E-state index is -1.26. The number of rotatable bonds is 34. The van der Waals surface area contributed by atoms with Crippen LogP contribution in [0.4, 0.5) is 0 Å². The predicted molar refractivity (Wildman–Crippen MR) is 198 cm³/mol. The number of guanidine groups is 1. The number of hydrogen-bond donors (Lipinski definition) is 3. The van der Waals surface area contributed by atoms with E-state index in [4.69, 9.17) is 11.5 Å². The van der Waals surface area contributed by atoms with Gasteiger partial charge in [0.25, 0.3) is 0 Å². The number of carbonyl (C=O) groups is 3. The van der Waals surface area contributed by atoms with E-state index in [0.29, 0.717) is 12.8 Å². The highest BCUT2D eigenvalue weighted by molar-refractivity contribution is 5.99. The van der Waals surface area contributed by atoms with Crippen LogP contribution in [0.15, 0.2) is 17.1 Å². The Labute approximate surface area is 289 Å². The maximum absolute atomic E-state index is 13.2. The molecule has 0 aromatic rings. The summed E-state index contributed by atoms with van der Waals surface area (Å²) in [6.45, 7) is 4.54. The minimum absolute atomic E-state index is 0.00427. The molecule has 0 saturated carbocycles. The first-order valence-corrected chi connectivity index (χ1v) is 19.6. The van der Waals surface area contributed by atoms with E-state index in [1.165, 1.54) is 103 Å². The Morgan fingerprint density at radius 2 is 0.915 bits per heavy atom. The second kappa shape index (κ2) is 33.5. The van der Waals surface area contributed by atoms with Crippen LogP contribution in [0.1, 0.15) is 200 Å². The first-order chi connectivity index (χ1) is 22.8. The highest BCUT2D eigenvalue weighted by Crippen LogP contribution is 2.17. The van der Waals surface area contributed by atoms with E-state index in [1.807, 2.05) is 0 Å². The molecule has 0 aliphatic heterocycles. The summed E-state index contributed by atoms with van der Waals surface area (Å²) in [6, 6.07) is -1.26. The Morgan fingerprint density at radius 3 is 1.26 bits per heavy atom. The van der Waals surface area contributed by atoms with E-state index in [-0.39, 0.29) is 31.8 Å². The number of hydrogen-bond acceptors (Lipinski definition) is 4. The number of amides is 2. The molecule has 0 rings (SSSR count). The molecule has 2 amide bonds. The van der Waals surface area contributed by atoms with Gasteiger partial charge in [-0.25, -0.2) is 4.79 Å². The predicted octanol–water partition coefficient (Wildman–Crippen LogP) is 9.98. The second-order valence-corrected chi connectivity index (χ2v) is 13.4. The lowest BCUT2D eigenvalue weighted by Crippen LogP contribution is -2.49. The molecule has 0 bridgehead atoms. The summed E-state index contributed by atoms with van der Waals surface area (Å²) in [5.41, 5.74) is 10.8. The second-order valence-electron chi connectivity index (χ2n) is 13.4. The molecule has 0 spiro atoms. The first-order valence-electron chi connectivity index (χ1n) is 19.6. The fourth-order valence-corrected chi connectivity index (χ4v) is 6.05. The lowest BCUT2D eigenvalue weighted by Gasteiger charge is -2.27. The molecular formula is C39H74N4O4. The number of imide groups is 1. The molecule has 0 aromatic carbocycles. The van der Waals surface area contributed by atoms with E-state index in [1.54, 1.807) is 0 Å². The van der Waals surface area contributed by atoms with Gasteiger partial charge in [-0.05, 0) is 44.9 Å². The molecule has 0 aliphatic rings. The number of aliphatic carboxylic acids is 1. The van der Waals surface area contributed by atoms with Crippen LogP contribution in [0.25, 0.3) is 0 Å².